The van der Waals surface area contributed by atoms with Gasteiger partial charge < -0.3 is 0 Å². The van der Waals surface area contributed by atoms with Crippen molar-refractivity contribution in [2.24, 2.45) is 5.41 Å². The average molecular weight is 306 g/mol. The number of hydrogen-bond acceptors (Lipinski definition) is 4. The molecule has 3 rings (SSSR count). The van der Waals surface area contributed by atoms with Gasteiger partial charge in [0, 0.05) is 16.8 Å². The number of nitrogens with one attached hydrogen (secondary N) is 1. The van der Waals surface area contributed by atoms with Crippen LogP contribution in [0.3, 0.4) is 0 Å². The van der Waals surface area contributed by atoms with E-state index in [1.54, 1.807) is 11.3 Å². The summed E-state index contributed by atoms with van der Waals surface area (Å²) >= 11 is 1.60. The lowest BCUT2D eigenvalue weighted by molar-refractivity contribution is -0.158. The van der Waals surface area contributed by atoms with Gasteiger partial charge in [0.2, 0.25) is 11.8 Å². The van der Waals surface area contributed by atoms with Gasteiger partial charge in [-0.05, 0) is 24.3 Å². The molecule has 0 aromatic carbocycles. The van der Waals surface area contributed by atoms with E-state index in [1.807, 2.05) is 31.4 Å². The predicted molar refractivity (Wildman–Crippen MR) is 78.9 cm³/mol. The van der Waals surface area contributed by atoms with E-state index in [-0.39, 0.29) is 17.9 Å². The zero-order chi connectivity index (χ0) is 15.3. The molecule has 2 aliphatic rings. The van der Waals surface area contributed by atoms with E-state index in [0.717, 1.165) is 11.3 Å². The first-order valence-corrected chi connectivity index (χ1v) is 7.96. The third-order valence-corrected chi connectivity index (χ3v) is 5.74. The molecule has 1 aliphatic heterocycles. The Morgan fingerprint density at radius 1 is 1.33 bits per heavy atom. The lowest BCUT2D eigenvalue weighted by Crippen LogP contribution is -2.67. The number of rotatable bonds is 3. The number of carbonyl (C=O) groups is 3. The third kappa shape index (κ3) is 2.09. The number of hydrogen-bond donors (Lipinski definition) is 1. The number of urea groups is 1. The smallest absolute Gasteiger partial charge is 0.277 e. The summed E-state index contributed by atoms with van der Waals surface area (Å²) in [7, 11) is 0. The SMILES string of the molecule is CC(C)(CN1C(=O)NC(=O)C2(CCC2)C1=O)c1cccs1. The van der Waals surface area contributed by atoms with E-state index in [2.05, 4.69) is 5.32 Å². The van der Waals surface area contributed by atoms with Crippen LogP contribution in [0.15, 0.2) is 17.5 Å². The minimum absolute atomic E-state index is 0.285. The van der Waals surface area contributed by atoms with Gasteiger partial charge in [-0.1, -0.05) is 26.3 Å². The summed E-state index contributed by atoms with van der Waals surface area (Å²) in [5, 5.41) is 4.33. The molecule has 0 radical (unpaired) electrons. The quantitative estimate of drug-likeness (QED) is 0.871. The van der Waals surface area contributed by atoms with Crippen molar-refractivity contribution >= 4 is 29.2 Å². The standard InChI is InChI=1S/C15H18N2O3S/c1-14(2,10-5-3-8-21-10)9-17-12(19)15(6-4-7-15)11(18)16-13(17)20/h3,5,8H,4,6-7,9H2,1-2H3,(H,16,18,20). The maximum absolute atomic E-state index is 12.6. The highest BCUT2D eigenvalue weighted by molar-refractivity contribution is 7.10. The minimum Gasteiger partial charge on any atom is -0.277 e. The molecule has 2 heterocycles. The van der Waals surface area contributed by atoms with Crippen LogP contribution in [-0.2, 0) is 15.0 Å². The molecule has 0 unspecified atom stereocenters. The molecular formula is C15H18N2O3S. The van der Waals surface area contributed by atoms with Crippen molar-refractivity contribution < 1.29 is 14.4 Å². The molecular weight excluding hydrogens is 288 g/mol. The molecule has 6 heteroatoms. The summed E-state index contributed by atoms with van der Waals surface area (Å²) in [5.41, 5.74) is -1.31. The summed E-state index contributed by atoms with van der Waals surface area (Å²) in [5.74, 6) is -0.749. The zero-order valence-corrected chi connectivity index (χ0v) is 13.0. The lowest BCUT2D eigenvalue weighted by atomic mass is 9.66. The Hall–Kier alpha value is -1.69. The van der Waals surface area contributed by atoms with Gasteiger partial charge in [0.1, 0.15) is 5.41 Å². The Balaban J connectivity index is 1.86. The highest BCUT2D eigenvalue weighted by Crippen LogP contribution is 2.45. The largest absolute Gasteiger partial charge is 0.330 e. The van der Waals surface area contributed by atoms with E-state index < -0.39 is 17.4 Å². The van der Waals surface area contributed by atoms with Crippen LogP contribution < -0.4 is 5.32 Å². The van der Waals surface area contributed by atoms with Gasteiger partial charge in [-0.15, -0.1) is 11.3 Å². The molecule has 1 aromatic rings. The number of carbonyl (C=O) groups excluding carboxylic acids is 3. The molecule has 4 amide bonds. The van der Waals surface area contributed by atoms with Crippen LogP contribution in [0.5, 0.6) is 0 Å². The highest BCUT2D eigenvalue weighted by Gasteiger charge is 2.57. The fraction of sp³-hybridized carbons (Fsp3) is 0.533. The van der Waals surface area contributed by atoms with Gasteiger partial charge in [0.05, 0.1) is 0 Å². The van der Waals surface area contributed by atoms with E-state index in [4.69, 9.17) is 0 Å². The molecule has 1 N–H and O–H groups in total. The lowest BCUT2D eigenvalue weighted by Gasteiger charge is -2.46. The fourth-order valence-corrected chi connectivity index (χ4v) is 3.83. The van der Waals surface area contributed by atoms with Crippen LogP contribution in [0.4, 0.5) is 4.79 Å². The summed E-state index contributed by atoms with van der Waals surface area (Å²) in [6, 6.07) is 3.37. The predicted octanol–water partition coefficient (Wildman–Crippen LogP) is 2.27. The van der Waals surface area contributed by atoms with Gasteiger partial charge in [-0.3, -0.25) is 19.8 Å². The molecule has 0 atom stereocenters. The maximum atomic E-state index is 12.6. The second-order valence-corrected chi connectivity index (χ2v) is 7.40. The Bertz CT molecular complexity index is 602. The van der Waals surface area contributed by atoms with Crippen LogP contribution in [0.1, 0.15) is 38.0 Å². The maximum Gasteiger partial charge on any atom is 0.330 e. The van der Waals surface area contributed by atoms with E-state index in [1.165, 1.54) is 4.90 Å². The summed E-state index contributed by atoms with van der Waals surface area (Å²) in [6.07, 6.45) is 1.94. The van der Waals surface area contributed by atoms with E-state index in [0.29, 0.717) is 12.8 Å². The van der Waals surface area contributed by atoms with E-state index >= 15 is 0 Å². The zero-order valence-electron chi connectivity index (χ0n) is 12.1. The molecule has 1 saturated heterocycles. The molecule has 1 saturated carbocycles. The number of imide groups is 2. The molecule has 112 valence electrons. The molecule has 1 aliphatic carbocycles. The number of amides is 4. The van der Waals surface area contributed by atoms with Gasteiger partial charge >= 0.3 is 6.03 Å². The molecule has 1 spiro atoms. The van der Waals surface area contributed by atoms with Crippen LogP contribution >= 0.6 is 11.3 Å². The number of thiophene rings is 1. The van der Waals surface area contributed by atoms with Gasteiger partial charge in [-0.2, -0.15) is 0 Å². The van der Waals surface area contributed by atoms with Crippen molar-refractivity contribution in [1.82, 2.24) is 10.2 Å². The van der Waals surface area contributed by atoms with Gasteiger partial charge in [0.15, 0.2) is 0 Å². The van der Waals surface area contributed by atoms with Crippen LogP contribution in [0, 0.1) is 5.41 Å². The monoisotopic (exact) mass is 306 g/mol. The summed E-state index contributed by atoms with van der Waals surface area (Å²) in [6.45, 7) is 4.29. The summed E-state index contributed by atoms with van der Waals surface area (Å²) in [4.78, 5) is 39.0. The second kappa shape index (κ2) is 4.66. The normalized spacial score (nSPS) is 21.4. The first-order valence-electron chi connectivity index (χ1n) is 7.08. The number of barbiturate groups is 1. The Morgan fingerprint density at radius 2 is 2.05 bits per heavy atom. The van der Waals surface area contributed by atoms with Gasteiger partial charge in [-0.25, -0.2) is 4.79 Å². The number of nitrogens with zero attached hydrogens (tertiary/aromatic N) is 1. The van der Waals surface area contributed by atoms with Gasteiger partial charge in [0.25, 0.3) is 0 Å². The van der Waals surface area contributed by atoms with E-state index in [9.17, 15) is 14.4 Å². The molecule has 0 bridgehead atoms. The van der Waals surface area contributed by atoms with Crippen LogP contribution in [0.25, 0.3) is 0 Å². The molecule has 5 nitrogen and oxygen atoms in total. The fourth-order valence-electron chi connectivity index (χ4n) is 2.98. The Labute approximate surface area is 127 Å². The molecule has 2 fully saturated rings. The summed E-state index contributed by atoms with van der Waals surface area (Å²) < 4.78 is 0. The third-order valence-electron chi connectivity index (χ3n) is 4.50. The topological polar surface area (TPSA) is 66.5 Å². The van der Waals surface area contributed by atoms with Crippen molar-refractivity contribution in [1.29, 1.82) is 0 Å². The Morgan fingerprint density at radius 3 is 2.57 bits per heavy atom. The highest BCUT2D eigenvalue weighted by atomic mass is 32.1. The molecule has 21 heavy (non-hydrogen) atoms. The van der Waals surface area contributed by atoms with Crippen LogP contribution in [0.2, 0.25) is 0 Å². The van der Waals surface area contributed by atoms with Crippen molar-refractivity contribution in [3.05, 3.63) is 22.4 Å². The van der Waals surface area contributed by atoms with Crippen molar-refractivity contribution in [3.8, 4) is 0 Å². The average Bonchev–Trinajstić information content (AvgIpc) is 2.87. The van der Waals surface area contributed by atoms with Crippen LogP contribution in [-0.4, -0.2) is 29.3 Å². The second-order valence-electron chi connectivity index (χ2n) is 6.45. The first-order chi connectivity index (χ1) is 9.87. The van der Waals surface area contributed by atoms with Crippen molar-refractivity contribution in [2.75, 3.05) is 6.54 Å². The van der Waals surface area contributed by atoms with Crippen molar-refractivity contribution in [3.63, 3.8) is 0 Å². The van der Waals surface area contributed by atoms with Crippen molar-refractivity contribution in [2.45, 2.75) is 38.5 Å². The molecule has 1 aromatic heterocycles. The first kappa shape index (κ1) is 14.3. The minimum atomic E-state index is -0.987. The Kier molecular flexibility index (Phi) is 3.16.